The van der Waals surface area contributed by atoms with Crippen LogP contribution < -0.4 is 5.73 Å². The number of hydrogen-bond donors (Lipinski definition) is 1. The van der Waals surface area contributed by atoms with E-state index in [0.717, 1.165) is 5.56 Å². The number of hydrogen-bond acceptors (Lipinski definition) is 7. The molecule has 1 fully saturated rings. The minimum absolute atomic E-state index is 0.0615. The second-order valence-electron chi connectivity index (χ2n) is 9.20. The lowest BCUT2D eigenvalue weighted by Crippen LogP contribution is -2.41. The molecule has 0 spiro atoms. The molecule has 2 N–H and O–H groups in total. The highest BCUT2D eigenvalue weighted by Crippen LogP contribution is 2.24. The Hall–Kier alpha value is -5.16. The molecule has 0 atom stereocenters. The van der Waals surface area contributed by atoms with Gasteiger partial charge in [-0.05, 0) is 59.5 Å². The van der Waals surface area contributed by atoms with Gasteiger partial charge in [-0.25, -0.2) is 0 Å². The van der Waals surface area contributed by atoms with Gasteiger partial charge in [-0.1, -0.05) is 30.3 Å². The smallest absolute Gasteiger partial charge is 0.269 e. The Morgan fingerprint density at radius 3 is 1.62 bits per heavy atom. The summed E-state index contributed by atoms with van der Waals surface area (Å²) in [6, 6.07) is 21.3. The molecule has 0 radical (unpaired) electrons. The number of nitro groups is 2. The summed E-state index contributed by atoms with van der Waals surface area (Å²) in [4.78, 5) is 58.5. The Bertz CT molecular complexity index is 1440. The van der Waals surface area contributed by atoms with Crippen LogP contribution in [0.5, 0.6) is 0 Å². The molecule has 0 saturated carbocycles. The molecule has 4 rings (SSSR count). The van der Waals surface area contributed by atoms with Gasteiger partial charge in [0.05, 0.1) is 9.85 Å². The number of rotatable bonds is 8. The van der Waals surface area contributed by atoms with Crippen LogP contribution in [0.15, 0.2) is 90.0 Å². The number of Topliss-reactive ketones (excluding diaryl/α,β-unsaturated/α-hetero) is 1. The molecule has 216 valence electrons. The summed E-state index contributed by atoms with van der Waals surface area (Å²) in [5, 5.41) is 21.9. The highest BCUT2D eigenvalue weighted by atomic mass is 35.5. The molecule has 0 aliphatic carbocycles. The Labute approximate surface area is 246 Å². The number of carbonyl (C=O) groups excluding carboxylic acids is 3. The van der Waals surface area contributed by atoms with E-state index in [9.17, 15) is 34.6 Å². The molecule has 2 amide bonds. The van der Waals surface area contributed by atoms with E-state index in [2.05, 4.69) is 5.73 Å². The second-order valence-corrected chi connectivity index (χ2v) is 9.47. The zero-order valence-corrected chi connectivity index (χ0v) is 23.1. The molecule has 1 aliphatic heterocycles. The normalized spacial score (nSPS) is 14.7. The standard InChI is InChI=1S/C28H23N3O6.C2H4ClNO/c32-27(15-10-20-4-2-1-3-5-20)29-18-23(16-21-6-11-25(12-7-21)30(34)35)28(33)24(19-29)17-22-8-13-26(14-9-22)31(36)37;3-1-2(4)5/h1-9,11-14,16-17H,10,15,18-19H2;1H2,(H2,4,5)/b23-16+,24-17+;. The summed E-state index contributed by atoms with van der Waals surface area (Å²) in [7, 11) is 0. The fourth-order valence-electron chi connectivity index (χ4n) is 4.06. The third kappa shape index (κ3) is 9.20. The number of primary amides is 1. The topological polar surface area (TPSA) is 167 Å². The first-order chi connectivity index (χ1) is 20.1. The summed E-state index contributed by atoms with van der Waals surface area (Å²) in [6.45, 7) is 0.224. The Kier molecular flexibility index (Phi) is 11.2. The van der Waals surface area contributed by atoms with E-state index in [1.807, 2.05) is 30.3 Å². The predicted octanol–water partition coefficient (Wildman–Crippen LogP) is 4.72. The van der Waals surface area contributed by atoms with Gasteiger partial charge >= 0.3 is 0 Å². The van der Waals surface area contributed by atoms with Crippen LogP contribution in [0.3, 0.4) is 0 Å². The molecule has 0 aromatic heterocycles. The molecule has 0 bridgehead atoms. The van der Waals surface area contributed by atoms with Crippen LogP contribution in [0, 0.1) is 20.2 Å². The van der Waals surface area contributed by atoms with Crippen molar-refractivity contribution < 1.29 is 24.2 Å². The number of piperidine rings is 1. The lowest BCUT2D eigenvalue weighted by atomic mass is 9.93. The van der Waals surface area contributed by atoms with Crippen molar-refractivity contribution in [1.29, 1.82) is 0 Å². The van der Waals surface area contributed by atoms with Gasteiger partial charge in [0.2, 0.25) is 11.8 Å². The molecule has 1 aliphatic rings. The van der Waals surface area contributed by atoms with E-state index < -0.39 is 15.8 Å². The van der Waals surface area contributed by atoms with Crippen molar-refractivity contribution in [2.75, 3.05) is 19.0 Å². The van der Waals surface area contributed by atoms with Crippen LogP contribution in [-0.4, -0.2) is 51.3 Å². The zero-order valence-electron chi connectivity index (χ0n) is 22.4. The number of nitrogens with two attached hydrogens (primary N) is 1. The number of amides is 2. The van der Waals surface area contributed by atoms with E-state index in [1.54, 1.807) is 41.3 Å². The number of non-ortho nitro benzene ring substituents is 2. The van der Waals surface area contributed by atoms with Gasteiger partial charge in [-0.15, -0.1) is 11.6 Å². The number of nitro benzene ring substituents is 2. The first kappa shape index (κ1) is 31.4. The third-order valence-corrected chi connectivity index (χ3v) is 6.41. The van der Waals surface area contributed by atoms with E-state index in [1.165, 1.54) is 24.3 Å². The maximum atomic E-state index is 13.3. The van der Waals surface area contributed by atoms with Crippen LogP contribution in [0.4, 0.5) is 11.4 Å². The molecule has 3 aromatic rings. The molecular formula is C30H27ClN4O7. The number of alkyl halides is 1. The molecule has 0 unspecified atom stereocenters. The number of aryl methyl sites for hydroxylation is 1. The lowest BCUT2D eigenvalue weighted by Gasteiger charge is -2.30. The van der Waals surface area contributed by atoms with Crippen molar-refractivity contribution in [3.63, 3.8) is 0 Å². The minimum Gasteiger partial charge on any atom is -0.369 e. The van der Waals surface area contributed by atoms with Gasteiger partial charge in [0.1, 0.15) is 5.88 Å². The fraction of sp³-hybridized carbons (Fsp3) is 0.167. The molecule has 42 heavy (non-hydrogen) atoms. The lowest BCUT2D eigenvalue weighted by molar-refractivity contribution is -0.385. The third-order valence-electron chi connectivity index (χ3n) is 6.15. The van der Waals surface area contributed by atoms with Crippen LogP contribution in [-0.2, 0) is 20.8 Å². The summed E-state index contributed by atoms with van der Waals surface area (Å²) in [5.74, 6) is -0.920. The second kappa shape index (κ2) is 15.0. The molecule has 1 saturated heterocycles. The van der Waals surface area contributed by atoms with Gasteiger partial charge in [-0.3, -0.25) is 34.6 Å². The van der Waals surface area contributed by atoms with Gasteiger partial charge < -0.3 is 10.6 Å². The molecule has 3 aromatic carbocycles. The Morgan fingerprint density at radius 2 is 1.24 bits per heavy atom. The average molecular weight is 591 g/mol. The van der Waals surface area contributed by atoms with Crippen LogP contribution in [0.2, 0.25) is 0 Å². The summed E-state index contributed by atoms with van der Waals surface area (Å²) in [6.07, 6.45) is 4.10. The van der Waals surface area contributed by atoms with Gasteiger partial charge in [0.25, 0.3) is 11.4 Å². The zero-order chi connectivity index (χ0) is 30.6. The highest BCUT2D eigenvalue weighted by molar-refractivity contribution is 6.27. The summed E-state index contributed by atoms with van der Waals surface area (Å²) in [5.41, 5.74) is 7.38. The first-order valence-corrected chi connectivity index (χ1v) is 13.2. The quantitative estimate of drug-likeness (QED) is 0.171. The van der Waals surface area contributed by atoms with Crippen molar-refractivity contribution in [2.45, 2.75) is 12.8 Å². The number of carbonyl (C=O) groups is 3. The van der Waals surface area contributed by atoms with Crippen LogP contribution in [0.1, 0.15) is 23.1 Å². The molecule has 1 heterocycles. The van der Waals surface area contributed by atoms with E-state index in [4.69, 9.17) is 11.6 Å². The number of benzene rings is 3. The summed E-state index contributed by atoms with van der Waals surface area (Å²) >= 11 is 4.86. The number of nitrogens with zero attached hydrogens (tertiary/aromatic N) is 3. The predicted molar refractivity (Wildman–Crippen MR) is 158 cm³/mol. The van der Waals surface area contributed by atoms with Crippen molar-refractivity contribution in [3.05, 3.63) is 127 Å². The molecule has 12 heteroatoms. The number of ketones is 1. The van der Waals surface area contributed by atoms with Gasteiger partial charge in [0.15, 0.2) is 5.78 Å². The monoisotopic (exact) mass is 590 g/mol. The van der Waals surface area contributed by atoms with Gasteiger partial charge in [0, 0.05) is 54.9 Å². The summed E-state index contributed by atoms with van der Waals surface area (Å²) < 4.78 is 0. The molecular weight excluding hydrogens is 564 g/mol. The van der Waals surface area contributed by atoms with Crippen molar-refractivity contribution in [3.8, 4) is 0 Å². The Morgan fingerprint density at radius 1 is 0.810 bits per heavy atom. The maximum Gasteiger partial charge on any atom is 0.269 e. The SMILES string of the molecule is NC(=O)CCl.O=C1/C(=C/c2ccc([N+](=O)[O-])cc2)CN(C(=O)CCc2ccccc2)C/C1=C\c1ccc([N+](=O)[O-])cc1. The van der Waals surface area contributed by atoms with E-state index in [0.29, 0.717) is 28.7 Å². The van der Waals surface area contributed by atoms with Crippen molar-refractivity contribution in [1.82, 2.24) is 4.90 Å². The van der Waals surface area contributed by atoms with Crippen LogP contribution >= 0.6 is 11.6 Å². The van der Waals surface area contributed by atoms with Crippen molar-refractivity contribution in [2.24, 2.45) is 5.73 Å². The van der Waals surface area contributed by atoms with Crippen LogP contribution in [0.25, 0.3) is 12.2 Å². The minimum atomic E-state index is -0.499. The Balaban J connectivity index is 0.000000892. The largest absolute Gasteiger partial charge is 0.369 e. The van der Waals surface area contributed by atoms with Gasteiger partial charge in [-0.2, -0.15) is 0 Å². The fourth-order valence-corrected chi connectivity index (χ4v) is 4.06. The van der Waals surface area contributed by atoms with E-state index >= 15 is 0 Å². The highest BCUT2D eigenvalue weighted by Gasteiger charge is 2.29. The number of likely N-dealkylation sites (tertiary alicyclic amines) is 1. The van der Waals surface area contributed by atoms with Crippen molar-refractivity contribution >= 4 is 52.7 Å². The molecule has 11 nitrogen and oxygen atoms in total. The maximum absolute atomic E-state index is 13.3. The number of halogens is 1. The average Bonchev–Trinajstić information content (AvgIpc) is 2.99. The van der Waals surface area contributed by atoms with E-state index in [-0.39, 0.29) is 48.5 Å². The first-order valence-electron chi connectivity index (χ1n) is 12.7.